The van der Waals surface area contributed by atoms with E-state index in [2.05, 4.69) is 6.92 Å². The molecule has 0 bridgehead atoms. The summed E-state index contributed by atoms with van der Waals surface area (Å²) in [5.41, 5.74) is 5.09. The number of hydrogen-bond acceptors (Lipinski definition) is 1. The fraction of sp³-hybridized carbons (Fsp3) is 0.800. The molecule has 0 aromatic carbocycles. The molecule has 0 rings (SSSR count). The third-order valence-corrected chi connectivity index (χ3v) is 1.87. The Morgan fingerprint density at radius 1 is 1.25 bits per heavy atom. The molecule has 72 valence electrons. The minimum atomic E-state index is -0.175. The Labute approximate surface area is 74.8 Å². The van der Waals surface area contributed by atoms with E-state index in [1.54, 1.807) is 6.08 Å². The average molecular weight is 173 g/mol. The van der Waals surface area contributed by atoms with E-state index in [0.29, 0.717) is 0 Å². The lowest BCUT2D eigenvalue weighted by atomic mass is 10.1. The van der Waals surface area contributed by atoms with Gasteiger partial charge in [-0.2, -0.15) is 0 Å². The lowest BCUT2D eigenvalue weighted by molar-refractivity contribution is 0.598. The van der Waals surface area contributed by atoms with Crippen LogP contribution in [0, 0.1) is 0 Å². The molecule has 2 N–H and O–H groups in total. The smallest absolute Gasteiger partial charge is 0.109 e. The summed E-state index contributed by atoms with van der Waals surface area (Å²) in [6.45, 7) is 2.24. The maximum Gasteiger partial charge on any atom is 0.109 e. The molecule has 1 nitrogen and oxygen atoms in total. The van der Waals surface area contributed by atoms with Gasteiger partial charge in [0.15, 0.2) is 0 Å². The predicted octanol–water partition coefficient (Wildman–Crippen LogP) is 3.16. The highest BCUT2D eigenvalue weighted by molar-refractivity contribution is 4.92. The van der Waals surface area contributed by atoms with Gasteiger partial charge in [0.25, 0.3) is 0 Å². The van der Waals surface area contributed by atoms with Crippen LogP contribution in [0.25, 0.3) is 0 Å². The molecule has 2 heteroatoms. The van der Waals surface area contributed by atoms with Gasteiger partial charge >= 0.3 is 0 Å². The second-order valence-corrected chi connectivity index (χ2v) is 3.06. The highest BCUT2D eigenvalue weighted by Gasteiger charge is 1.90. The molecular weight excluding hydrogens is 153 g/mol. The Kier molecular flexibility index (Phi) is 8.46. The Hall–Kier alpha value is -0.370. The molecule has 0 radical (unpaired) electrons. The molecule has 0 amide bonds. The minimum absolute atomic E-state index is 0.0506. The van der Waals surface area contributed by atoms with E-state index in [4.69, 9.17) is 5.73 Å². The van der Waals surface area contributed by atoms with Gasteiger partial charge in [0.2, 0.25) is 0 Å². The van der Waals surface area contributed by atoms with Crippen LogP contribution >= 0.6 is 0 Å². The standard InChI is InChI=1S/C10H20FN/c1-2-3-4-5-6-7-8-10(11)9-12/h8H,2-7,9,12H2,1H3/b10-8-. The van der Waals surface area contributed by atoms with Crippen LogP contribution in [-0.4, -0.2) is 6.54 Å². The first kappa shape index (κ1) is 11.6. The highest BCUT2D eigenvalue weighted by Crippen LogP contribution is 2.06. The molecule has 0 aliphatic rings. The minimum Gasteiger partial charge on any atom is -0.325 e. The Bertz CT molecular complexity index is 121. The van der Waals surface area contributed by atoms with Crippen molar-refractivity contribution in [2.24, 2.45) is 5.73 Å². The van der Waals surface area contributed by atoms with Crippen molar-refractivity contribution in [2.45, 2.75) is 45.4 Å². The van der Waals surface area contributed by atoms with Gasteiger partial charge in [-0.25, -0.2) is 4.39 Å². The van der Waals surface area contributed by atoms with Crippen LogP contribution in [0.4, 0.5) is 4.39 Å². The third-order valence-electron chi connectivity index (χ3n) is 1.87. The monoisotopic (exact) mass is 173 g/mol. The van der Waals surface area contributed by atoms with Gasteiger partial charge in [0.1, 0.15) is 5.83 Å². The van der Waals surface area contributed by atoms with Crippen LogP contribution in [-0.2, 0) is 0 Å². The van der Waals surface area contributed by atoms with E-state index in [1.807, 2.05) is 0 Å². The summed E-state index contributed by atoms with van der Waals surface area (Å²) < 4.78 is 12.4. The molecule has 0 aliphatic carbocycles. The Morgan fingerprint density at radius 2 is 1.92 bits per heavy atom. The SMILES string of the molecule is CCCCCCC/C=C(\F)CN. The molecule has 0 atom stereocenters. The summed E-state index contributed by atoms with van der Waals surface area (Å²) in [4.78, 5) is 0. The maximum absolute atomic E-state index is 12.4. The quantitative estimate of drug-likeness (QED) is 0.588. The number of allylic oxidation sites excluding steroid dienone is 1. The molecule has 0 spiro atoms. The normalized spacial score (nSPS) is 12.1. The molecule has 12 heavy (non-hydrogen) atoms. The Balaban J connectivity index is 3.10. The van der Waals surface area contributed by atoms with Gasteiger partial charge in [-0.3, -0.25) is 0 Å². The zero-order valence-electron chi connectivity index (χ0n) is 7.98. The van der Waals surface area contributed by atoms with Crippen LogP contribution < -0.4 is 5.73 Å². The van der Waals surface area contributed by atoms with Crippen molar-refractivity contribution >= 4 is 0 Å². The van der Waals surface area contributed by atoms with Gasteiger partial charge in [-0.1, -0.05) is 38.7 Å². The van der Waals surface area contributed by atoms with Crippen LogP contribution in [0.1, 0.15) is 45.4 Å². The van der Waals surface area contributed by atoms with Gasteiger partial charge in [-0.15, -0.1) is 0 Å². The molecule has 0 heterocycles. The zero-order chi connectivity index (χ0) is 9.23. The Morgan fingerprint density at radius 3 is 2.50 bits per heavy atom. The predicted molar refractivity (Wildman–Crippen MR) is 51.6 cm³/mol. The molecule has 0 saturated heterocycles. The zero-order valence-corrected chi connectivity index (χ0v) is 7.98. The van der Waals surface area contributed by atoms with E-state index in [1.165, 1.54) is 25.7 Å². The van der Waals surface area contributed by atoms with Crippen LogP contribution in [0.15, 0.2) is 11.9 Å². The van der Waals surface area contributed by atoms with Crippen LogP contribution in [0.2, 0.25) is 0 Å². The molecule has 0 saturated carbocycles. The van der Waals surface area contributed by atoms with Crippen LogP contribution in [0.5, 0.6) is 0 Å². The summed E-state index contributed by atoms with van der Waals surface area (Å²) in [5.74, 6) is -0.175. The second kappa shape index (κ2) is 8.72. The number of unbranched alkanes of at least 4 members (excludes halogenated alkanes) is 5. The van der Waals surface area contributed by atoms with Crippen molar-refractivity contribution in [1.82, 2.24) is 0 Å². The lowest BCUT2D eigenvalue weighted by Crippen LogP contribution is -1.98. The highest BCUT2D eigenvalue weighted by atomic mass is 19.1. The van der Waals surface area contributed by atoms with Crippen molar-refractivity contribution in [2.75, 3.05) is 6.54 Å². The molecule has 0 aromatic rings. The first-order chi connectivity index (χ1) is 5.81. The van der Waals surface area contributed by atoms with Crippen LogP contribution in [0.3, 0.4) is 0 Å². The summed E-state index contributed by atoms with van der Waals surface area (Å²) in [6.07, 6.45) is 8.57. The summed E-state index contributed by atoms with van der Waals surface area (Å²) in [5, 5.41) is 0. The molecule has 0 aromatic heterocycles. The van der Waals surface area contributed by atoms with E-state index < -0.39 is 0 Å². The number of nitrogens with two attached hydrogens (primary N) is 1. The van der Waals surface area contributed by atoms with Gasteiger partial charge < -0.3 is 5.73 Å². The number of rotatable bonds is 7. The first-order valence-electron chi connectivity index (χ1n) is 4.85. The average Bonchev–Trinajstić information content (AvgIpc) is 2.10. The van der Waals surface area contributed by atoms with Crippen molar-refractivity contribution < 1.29 is 4.39 Å². The van der Waals surface area contributed by atoms with E-state index >= 15 is 0 Å². The summed E-state index contributed by atoms with van der Waals surface area (Å²) in [7, 11) is 0. The van der Waals surface area contributed by atoms with Crippen molar-refractivity contribution in [3.05, 3.63) is 11.9 Å². The first-order valence-corrected chi connectivity index (χ1v) is 4.85. The van der Waals surface area contributed by atoms with E-state index in [9.17, 15) is 4.39 Å². The number of halogens is 1. The number of hydrogen-bond donors (Lipinski definition) is 1. The van der Waals surface area contributed by atoms with Crippen molar-refractivity contribution in [3.8, 4) is 0 Å². The van der Waals surface area contributed by atoms with Gasteiger partial charge in [-0.05, 0) is 12.8 Å². The molecule has 0 unspecified atom stereocenters. The topological polar surface area (TPSA) is 26.0 Å². The second-order valence-electron chi connectivity index (χ2n) is 3.06. The molecule has 0 fully saturated rings. The molecule has 0 aliphatic heterocycles. The van der Waals surface area contributed by atoms with Crippen molar-refractivity contribution in [3.63, 3.8) is 0 Å². The van der Waals surface area contributed by atoms with E-state index in [-0.39, 0.29) is 12.4 Å². The summed E-state index contributed by atoms with van der Waals surface area (Å²) in [6, 6.07) is 0. The summed E-state index contributed by atoms with van der Waals surface area (Å²) >= 11 is 0. The fourth-order valence-electron chi connectivity index (χ4n) is 1.09. The van der Waals surface area contributed by atoms with Gasteiger partial charge in [0, 0.05) is 6.54 Å². The van der Waals surface area contributed by atoms with E-state index in [0.717, 1.165) is 12.8 Å². The molecular formula is C10H20FN. The fourth-order valence-corrected chi connectivity index (χ4v) is 1.09. The lowest BCUT2D eigenvalue weighted by Gasteiger charge is -1.96. The van der Waals surface area contributed by atoms with Crippen molar-refractivity contribution in [1.29, 1.82) is 0 Å². The largest absolute Gasteiger partial charge is 0.325 e. The van der Waals surface area contributed by atoms with Gasteiger partial charge in [0.05, 0.1) is 0 Å². The third kappa shape index (κ3) is 7.73. The maximum atomic E-state index is 12.4.